The van der Waals surface area contributed by atoms with Crippen molar-refractivity contribution in [2.24, 2.45) is 5.92 Å². The Bertz CT molecular complexity index is 223. The molecule has 16 heavy (non-hydrogen) atoms. The summed E-state index contributed by atoms with van der Waals surface area (Å²) < 4.78 is 10.9. The molecule has 4 nitrogen and oxygen atoms in total. The maximum atomic E-state index is 11.1. The van der Waals surface area contributed by atoms with Gasteiger partial charge in [0.05, 0.1) is 6.61 Å². The normalized spacial score (nSPS) is 21.6. The van der Waals surface area contributed by atoms with Crippen molar-refractivity contribution < 1.29 is 19.4 Å². The summed E-state index contributed by atoms with van der Waals surface area (Å²) in [5.41, 5.74) is -1.02. The number of carboxylic acids is 1. The Morgan fingerprint density at radius 2 is 2.12 bits per heavy atom. The van der Waals surface area contributed by atoms with Gasteiger partial charge < -0.3 is 14.6 Å². The molecular weight excluding hydrogens is 208 g/mol. The van der Waals surface area contributed by atoms with Gasteiger partial charge in [-0.3, -0.25) is 0 Å². The van der Waals surface area contributed by atoms with E-state index >= 15 is 0 Å². The summed E-state index contributed by atoms with van der Waals surface area (Å²) in [7, 11) is 0. The highest BCUT2D eigenvalue weighted by atomic mass is 16.5. The van der Waals surface area contributed by atoms with Crippen LogP contribution in [-0.4, -0.2) is 36.5 Å². The lowest BCUT2D eigenvalue weighted by molar-refractivity contribution is -0.167. The van der Waals surface area contributed by atoms with Gasteiger partial charge in [-0.2, -0.15) is 0 Å². The molecule has 1 saturated heterocycles. The van der Waals surface area contributed by atoms with Crippen molar-refractivity contribution >= 4 is 5.97 Å². The lowest BCUT2D eigenvalue weighted by atomic mass is 9.98. The maximum Gasteiger partial charge on any atom is 0.335 e. The zero-order valence-corrected chi connectivity index (χ0v) is 10.2. The predicted molar refractivity (Wildman–Crippen MR) is 60.4 cm³/mol. The Labute approximate surface area is 96.9 Å². The first-order valence-electron chi connectivity index (χ1n) is 6.03. The van der Waals surface area contributed by atoms with E-state index < -0.39 is 11.6 Å². The Balaban J connectivity index is 2.39. The van der Waals surface area contributed by atoms with Crippen molar-refractivity contribution in [3.8, 4) is 0 Å². The van der Waals surface area contributed by atoms with Gasteiger partial charge in [-0.1, -0.05) is 13.3 Å². The number of ether oxygens (including phenoxy) is 2. The van der Waals surface area contributed by atoms with E-state index in [0.717, 1.165) is 32.5 Å². The molecule has 0 spiro atoms. The van der Waals surface area contributed by atoms with Gasteiger partial charge in [0.25, 0.3) is 0 Å². The summed E-state index contributed by atoms with van der Waals surface area (Å²) in [6.07, 6.45) is 3.33. The van der Waals surface area contributed by atoms with Crippen LogP contribution in [0.25, 0.3) is 0 Å². The van der Waals surface area contributed by atoms with E-state index in [1.54, 1.807) is 6.92 Å². The molecule has 0 saturated carbocycles. The fraction of sp³-hybridized carbons (Fsp3) is 0.917. The minimum Gasteiger partial charge on any atom is -0.479 e. The summed E-state index contributed by atoms with van der Waals surface area (Å²) in [5.74, 6) is -0.411. The van der Waals surface area contributed by atoms with Crippen LogP contribution in [0.15, 0.2) is 0 Å². The van der Waals surface area contributed by atoms with E-state index in [4.69, 9.17) is 14.6 Å². The van der Waals surface area contributed by atoms with Crippen LogP contribution in [-0.2, 0) is 14.3 Å². The fourth-order valence-corrected chi connectivity index (χ4v) is 1.93. The SMILES string of the molecule is CCCC(C)(OCC1CCOCC1)C(=O)O. The van der Waals surface area contributed by atoms with Crippen molar-refractivity contribution in [1.29, 1.82) is 0 Å². The molecule has 1 aliphatic heterocycles. The number of hydrogen-bond acceptors (Lipinski definition) is 3. The van der Waals surface area contributed by atoms with E-state index in [0.29, 0.717) is 18.9 Å². The lowest BCUT2D eigenvalue weighted by Crippen LogP contribution is -2.40. The number of hydrogen-bond donors (Lipinski definition) is 1. The van der Waals surface area contributed by atoms with Crippen LogP contribution >= 0.6 is 0 Å². The minimum absolute atomic E-state index is 0.448. The molecule has 0 aromatic carbocycles. The molecule has 0 aliphatic carbocycles. The fourth-order valence-electron chi connectivity index (χ4n) is 1.93. The van der Waals surface area contributed by atoms with Crippen LogP contribution in [0.4, 0.5) is 0 Å². The first-order valence-corrected chi connectivity index (χ1v) is 6.03. The number of aliphatic carboxylic acids is 1. The zero-order chi connectivity index (χ0) is 12.0. The van der Waals surface area contributed by atoms with Gasteiger partial charge in [-0.25, -0.2) is 4.79 Å². The van der Waals surface area contributed by atoms with E-state index in [1.807, 2.05) is 6.92 Å². The summed E-state index contributed by atoms with van der Waals surface area (Å²) in [6, 6.07) is 0. The van der Waals surface area contributed by atoms with E-state index in [1.165, 1.54) is 0 Å². The first-order chi connectivity index (χ1) is 7.58. The topological polar surface area (TPSA) is 55.8 Å². The highest BCUT2D eigenvalue weighted by Gasteiger charge is 2.34. The molecule has 1 aliphatic rings. The maximum absolute atomic E-state index is 11.1. The van der Waals surface area contributed by atoms with Crippen molar-refractivity contribution in [1.82, 2.24) is 0 Å². The largest absolute Gasteiger partial charge is 0.479 e. The van der Waals surface area contributed by atoms with E-state index in [-0.39, 0.29) is 0 Å². The Morgan fingerprint density at radius 1 is 1.50 bits per heavy atom. The summed E-state index contributed by atoms with van der Waals surface area (Å²) in [4.78, 5) is 11.1. The smallest absolute Gasteiger partial charge is 0.335 e. The average Bonchev–Trinajstić information content (AvgIpc) is 2.28. The molecule has 0 radical (unpaired) electrons. The van der Waals surface area contributed by atoms with Crippen molar-refractivity contribution in [3.05, 3.63) is 0 Å². The third-order valence-electron chi connectivity index (χ3n) is 3.16. The summed E-state index contributed by atoms with van der Waals surface area (Å²) in [5, 5.41) is 9.14. The second-order valence-corrected chi connectivity index (χ2v) is 4.65. The standard InChI is InChI=1S/C12H22O4/c1-3-6-12(2,11(13)14)16-9-10-4-7-15-8-5-10/h10H,3-9H2,1-2H3,(H,13,14). The van der Waals surface area contributed by atoms with Crippen LogP contribution in [0.2, 0.25) is 0 Å². The van der Waals surface area contributed by atoms with Crippen LogP contribution in [0.3, 0.4) is 0 Å². The van der Waals surface area contributed by atoms with Crippen LogP contribution in [0.5, 0.6) is 0 Å². The molecule has 0 amide bonds. The van der Waals surface area contributed by atoms with Gasteiger partial charge in [-0.05, 0) is 32.1 Å². The second-order valence-electron chi connectivity index (χ2n) is 4.65. The molecule has 0 aromatic heterocycles. The van der Waals surface area contributed by atoms with Gasteiger partial charge in [-0.15, -0.1) is 0 Å². The molecule has 1 atom stereocenters. The van der Waals surface area contributed by atoms with E-state index in [2.05, 4.69) is 0 Å². The predicted octanol–water partition coefficient (Wildman–Crippen LogP) is 2.07. The molecule has 0 bridgehead atoms. The van der Waals surface area contributed by atoms with Crippen molar-refractivity contribution in [3.63, 3.8) is 0 Å². The molecule has 1 N–H and O–H groups in total. The molecule has 94 valence electrons. The van der Waals surface area contributed by atoms with Gasteiger partial charge in [0, 0.05) is 13.2 Å². The molecule has 1 heterocycles. The molecule has 4 heteroatoms. The van der Waals surface area contributed by atoms with Crippen LogP contribution < -0.4 is 0 Å². The Hall–Kier alpha value is -0.610. The third-order valence-corrected chi connectivity index (χ3v) is 3.16. The first kappa shape index (κ1) is 13.5. The Morgan fingerprint density at radius 3 is 2.62 bits per heavy atom. The van der Waals surface area contributed by atoms with Gasteiger partial charge in [0.15, 0.2) is 5.60 Å². The average molecular weight is 230 g/mol. The van der Waals surface area contributed by atoms with Gasteiger partial charge in [0.2, 0.25) is 0 Å². The molecule has 0 aromatic rings. The minimum atomic E-state index is -1.02. The number of carbonyl (C=O) groups is 1. The molecule has 1 unspecified atom stereocenters. The zero-order valence-electron chi connectivity index (χ0n) is 10.2. The van der Waals surface area contributed by atoms with Crippen LogP contribution in [0, 0.1) is 5.92 Å². The highest BCUT2D eigenvalue weighted by Crippen LogP contribution is 2.22. The molecule has 1 rings (SSSR count). The van der Waals surface area contributed by atoms with Crippen molar-refractivity contribution in [2.45, 2.75) is 45.1 Å². The monoisotopic (exact) mass is 230 g/mol. The van der Waals surface area contributed by atoms with E-state index in [9.17, 15) is 4.79 Å². The second kappa shape index (κ2) is 6.21. The number of rotatable bonds is 6. The quantitative estimate of drug-likeness (QED) is 0.759. The number of carboxylic acid groups (broad SMARTS) is 1. The molecule has 1 fully saturated rings. The summed E-state index contributed by atoms with van der Waals surface area (Å²) >= 11 is 0. The van der Waals surface area contributed by atoms with Crippen LogP contribution in [0.1, 0.15) is 39.5 Å². The van der Waals surface area contributed by atoms with Crippen molar-refractivity contribution in [2.75, 3.05) is 19.8 Å². The third kappa shape index (κ3) is 3.76. The Kier molecular flexibility index (Phi) is 5.22. The van der Waals surface area contributed by atoms with Gasteiger partial charge in [0.1, 0.15) is 0 Å². The lowest BCUT2D eigenvalue weighted by Gasteiger charge is -2.29. The summed E-state index contributed by atoms with van der Waals surface area (Å²) in [6.45, 7) is 5.71. The molecular formula is C12H22O4. The van der Waals surface area contributed by atoms with Gasteiger partial charge >= 0.3 is 5.97 Å². The highest BCUT2D eigenvalue weighted by molar-refractivity contribution is 5.76.